The van der Waals surface area contributed by atoms with Crippen LogP contribution < -0.4 is 9.47 Å². The molecular formula is C26H30N2O6. The number of fused-ring (bicyclic) bond motifs is 1. The van der Waals surface area contributed by atoms with Gasteiger partial charge in [0.2, 0.25) is 13.1 Å². The van der Waals surface area contributed by atoms with Gasteiger partial charge in [0.1, 0.15) is 0 Å². The molecule has 0 spiro atoms. The highest BCUT2D eigenvalue weighted by Gasteiger charge is 2.32. The molecular weight excluding hydrogens is 436 g/mol. The van der Waals surface area contributed by atoms with Crippen LogP contribution >= 0.6 is 0 Å². The lowest BCUT2D eigenvalue weighted by Gasteiger charge is -2.35. The second-order valence-corrected chi connectivity index (χ2v) is 8.91. The van der Waals surface area contributed by atoms with Crippen LogP contribution in [0.4, 0.5) is 0 Å². The summed E-state index contributed by atoms with van der Waals surface area (Å²) in [7, 11) is 2.06. The molecule has 1 fully saturated rings. The Hall–Kier alpha value is -3.07. The van der Waals surface area contributed by atoms with Gasteiger partial charge in [-0.05, 0) is 41.9 Å². The summed E-state index contributed by atoms with van der Waals surface area (Å²) < 4.78 is 23.2. The summed E-state index contributed by atoms with van der Waals surface area (Å²) in [4.78, 5) is 17.4. The van der Waals surface area contributed by atoms with Gasteiger partial charge in [0.05, 0.1) is 13.2 Å². The normalized spacial score (nSPS) is 22.3. The Balaban J connectivity index is 1.34. The van der Waals surface area contributed by atoms with Crippen molar-refractivity contribution >= 4 is 5.91 Å². The molecule has 0 bridgehead atoms. The fourth-order valence-electron chi connectivity index (χ4n) is 4.38. The molecule has 2 aromatic rings. The minimum atomic E-state index is -0.565. The molecule has 3 aliphatic rings. The third kappa shape index (κ3) is 5.04. The predicted octanol–water partition coefficient (Wildman–Crippen LogP) is 2.61. The van der Waals surface area contributed by atoms with E-state index in [1.54, 1.807) is 0 Å². The monoisotopic (exact) mass is 466 g/mol. The van der Waals surface area contributed by atoms with Crippen LogP contribution in [-0.4, -0.2) is 67.1 Å². The predicted molar refractivity (Wildman–Crippen MR) is 124 cm³/mol. The second kappa shape index (κ2) is 10.0. The fraction of sp³-hybridized carbons (Fsp3) is 0.423. The van der Waals surface area contributed by atoms with Crippen molar-refractivity contribution in [2.75, 3.05) is 40.0 Å². The molecule has 2 atom stereocenters. The highest BCUT2D eigenvalue weighted by molar-refractivity contribution is 5.92. The zero-order valence-corrected chi connectivity index (χ0v) is 19.3. The Kier molecular flexibility index (Phi) is 6.71. The van der Waals surface area contributed by atoms with E-state index in [0.717, 1.165) is 35.5 Å². The number of carbonyl (C=O) groups excluding carboxylic acids is 1. The van der Waals surface area contributed by atoms with E-state index in [-0.39, 0.29) is 25.2 Å². The fourth-order valence-corrected chi connectivity index (χ4v) is 4.38. The molecule has 5 rings (SSSR count). The number of amides is 1. The maximum Gasteiger partial charge on any atom is 0.288 e. The van der Waals surface area contributed by atoms with Crippen LogP contribution in [0.5, 0.6) is 11.5 Å². The molecule has 0 aromatic heterocycles. The number of piperazine rings is 1. The standard InChI is InChI=1S/C26H30N2O6/c1-27-8-10-28(11-9-27)26(30)24-13-21(20-6-7-22-23(12-20)33-17-32-22)14-25(34-24)31-16-19-4-2-18(15-29)3-5-19/h2-7,12-13,21,25,29H,8-11,14-17H2,1H3/t21-,25+/m1/s1. The van der Waals surface area contributed by atoms with Crippen molar-refractivity contribution in [1.29, 1.82) is 0 Å². The molecule has 180 valence electrons. The lowest BCUT2D eigenvalue weighted by molar-refractivity contribution is -0.156. The van der Waals surface area contributed by atoms with Gasteiger partial charge in [0.15, 0.2) is 17.3 Å². The van der Waals surface area contributed by atoms with Gasteiger partial charge in [-0.2, -0.15) is 0 Å². The minimum Gasteiger partial charge on any atom is -0.459 e. The van der Waals surface area contributed by atoms with E-state index >= 15 is 0 Å². The molecule has 34 heavy (non-hydrogen) atoms. The van der Waals surface area contributed by atoms with E-state index in [9.17, 15) is 9.90 Å². The maximum absolute atomic E-state index is 13.3. The molecule has 8 nitrogen and oxygen atoms in total. The lowest BCUT2D eigenvalue weighted by atomic mass is 9.92. The van der Waals surface area contributed by atoms with Gasteiger partial charge in [-0.3, -0.25) is 4.79 Å². The summed E-state index contributed by atoms with van der Waals surface area (Å²) in [6.07, 6.45) is 1.92. The summed E-state index contributed by atoms with van der Waals surface area (Å²) in [5.74, 6) is 1.62. The number of carbonyl (C=O) groups is 1. The highest BCUT2D eigenvalue weighted by Crippen LogP contribution is 2.38. The molecule has 1 amide bonds. The minimum absolute atomic E-state index is 0.00659. The van der Waals surface area contributed by atoms with E-state index < -0.39 is 6.29 Å². The van der Waals surface area contributed by atoms with Crippen molar-refractivity contribution < 1.29 is 28.8 Å². The van der Waals surface area contributed by atoms with E-state index in [1.807, 2.05) is 53.4 Å². The molecule has 3 aliphatic heterocycles. The van der Waals surface area contributed by atoms with Gasteiger partial charge >= 0.3 is 0 Å². The summed E-state index contributed by atoms with van der Waals surface area (Å²) >= 11 is 0. The SMILES string of the molecule is CN1CCN(C(=O)C2=C[C@@H](c3ccc4c(c3)OCO4)C[C@@H](OCc3ccc(CO)cc3)O2)CC1. The van der Waals surface area contributed by atoms with Crippen LogP contribution in [0.2, 0.25) is 0 Å². The van der Waals surface area contributed by atoms with Crippen molar-refractivity contribution in [1.82, 2.24) is 9.80 Å². The van der Waals surface area contributed by atoms with Gasteiger partial charge in [0, 0.05) is 38.5 Å². The number of benzene rings is 2. The highest BCUT2D eigenvalue weighted by atomic mass is 16.7. The summed E-state index contributed by atoms with van der Waals surface area (Å²) in [5, 5.41) is 9.25. The Bertz CT molecular complexity index is 1050. The molecule has 2 aromatic carbocycles. The van der Waals surface area contributed by atoms with Crippen LogP contribution in [0.3, 0.4) is 0 Å². The first kappa shape index (κ1) is 22.7. The number of allylic oxidation sites excluding steroid dienone is 1. The number of ether oxygens (including phenoxy) is 4. The molecule has 0 aliphatic carbocycles. The van der Waals surface area contributed by atoms with Crippen LogP contribution in [0.25, 0.3) is 0 Å². The van der Waals surface area contributed by atoms with Crippen molar-refractivity contribution in [3.8, 4) is 11.5 Å². The Morgan fingerprint density at radius 3 is 2.53 bits per heavy atom. The van der Waals surface area contributed by atoms with Crippen molar-refractivity contribution in [3.05, 3.63) is 71.0 Å². The van der Waals surface area contributed by atoms with Gasteiger partial charge < -0.3 is 33.9 Å². The Morgan fingerprint density at radius 2 is 1.76 bits per heavy atom. The molecule has 0 unspecified atom stereocenters. The topological polar surface area (TPSA) is 80.7 Å². The zero-order valence-electron chi connectivity index (χ0n) is 19.3. The summed E-state index contributed by atoms with van der Waals surface area (Å²) in [6.45, 7) is 3.60. The first-order chi connectivity index (χ1) is 16.6. The van der Waals surface area contributed by atoms with E-state index in [0.29, 0.717) is 37.6 Å². The second-order valence-electron chi connectivity index (χ2n) is 8.91. The van der Waals surface area contributed by atoms with Crippen molar-refractivity contribution in [2.45, 2.75) is 31.8 Å². The van der Waals surface area contributed by atoms with Crippen LogP contribution in [-0.2, 0) is 27.5 Å². The first-order valence-electron chi connectivity index (χ1n) is 11.6. The number of rotatable bonds is 6. The Labute approximate surface area is 199 Å². The average molecular weight is 467 g/mol. The van der Waals surface area contributed by atoms with Gasteiger partial charge in [0.25, 0.3) is 5.91 Å². The van der Waals surface area contributed by atoms with E-state index in [2.05, 4.69) is 11.9 Å². The van der Waals surface area contributed by atoms with Crippen molar-refractivity contribution in [2.24, 2.45) is 0 Å². The molecule has 1 saturated heterocycles. The zero-order chi connectivity index (χ0) is 23.5. The largest absolute Gasteiger partial charge is 0.459 e. The third-order valence-corrected chi connectivity index (χ3v) is 6.52. The van der Waals surface area contributed by atoms with E-state index in [1.165, 1.54) is 0 Å². The molecule has 0 saturated carbocycles. The smallest absolute Gasteiger partial charge is 0.288 e. The Morgan fingerprint density at radius 1 is 1.03 bits per heavy atom. The van der Waals surface area contributed by atoms with Gasteiger partial charge in [-0.1, -0.05) is 30.3 Å². The molecule has 1 N–H and O–H groups in total. The third-order valence-electron chi connectivity index (χ3n) is 6.52. The quantitative estimate of drug-likeness (QED) is 0.701. The number of nitrogens with zero attached hydrogens (tertiary/aromatic N) is 2. The number of hydrogen-bond acceptors (Lipinski definition) is 7. The molecule has 0 radical (unpaired) electrons. The number of hydrogen-bond donors (Lipinski definition) is 1. The first-order valence-corrected chi connectivity index (χ1v) is 11.6. The number of aliphatic hydroxyl groups excluding tert-OH is 1. The molecule has 8 heteroatoms. The van der Waals surface area contributed by atoms with Crippen LogP contribution in [0.15, 0.2) is 54.3 Å². The summed E-state index contributed by atoms with van der Waals surface area (Å²) in [5.41, 5.74) is 2.85. The van der Waals surface area contributed by atoms with Gasteiger partial charge in [-0.15, -0.1) is 0 Å². The number of aliphatic hydroxyl groups is 1. The van der Waals surface area contributed by atoms with E-state index in [4.69, 9.17) is 18.9 Å². The van der Waals surface area contributed by atoms with Gasteiger partial charge in [-0.25, -0.2) is 0 Å². The summed E-state index contributed by atoms with van der Waals surface area (Å²) in [6, 6.07) is 13.5. The number of likely N-dealkylation sites (N-methyl/N-ethyl adjacent to an activating group) is 1. The maximum atomic E-state index is 13.3. The van der Waals surface area contributed by atoms with Crippen LogP contribution in [0.1, 0.15) is 29.0 Å². The molecule has 3 heterocycles. The lowest BCUT2D eigenvalue weighted by Crippen LogP contribution is -2.48. The van der Waals surface area contributed by atoms with Crippen molar-refractivity contribution in [3.63, 3.8) is 0 Å². The van der Waals surface area contributed by atoms with Crippen LogP contribution in [0, 0.1) is 0 Å². The average Bonchev–Trinajstić information content (AvgIpc) is 3.36.